The second-order valence-corrected chi connectivity index (χ2v) is 5.03. The van der Waals surface area contributed by atoms with Crippen LogP contribution in [0.4, 0.5) is 0 Å². The van der Waals surface area contributed by atoms with E-state index in [0.29, 0.717) is 18.1 Å². The summed E-state index contributed by atoms with van der Waals surface area (Å²) in [5.41, 5.74) is 0.773. The van der Waals surface area contributed by atoms with E-state index < -0.39 is 0 Å². The number of carbonyl (C=O) groups is 1. The molecule has 0 fully saturated rings. The molecule has 0 saturated carbocycles. The van der Waals surface area contributed by atoms with Crippen LogP contribution in [0.1, 0.15) is 11.5 Å². The van der Waals surface area contributed by atoms with Gasteiger partial charge >= 0.3 is 0 Å². The number of rotatable bonds is 5. The maximum atomic E-state index is 11.7. The van der Waals surface area contributed by atoms with Crippen LogP contribution in [-0.2, 0) is 11.3 Å². The van der Waals surface area contributed by atoms with E-state index in [1.165, 1.54) is 0 Å². The molecule has 20 heavy (non-hydrogen) atoms. The predicted octanol–water partition coefficient (Wildman–Crippen LogP) is 2.24. The van der Waals surface area contributed by atoms with E-state index in [-0.39, 0.29) is 12.5 Å². The van der Waals surface area contributed by atoms with Crippen molar-refractivity contribution >= 4 is 21.8 Å². The van der Waals surface area contributed by atoms with Crippen molar-refractivity contribution in [2.24, 2.45) is 0 Å². The Morgan fingerprint density at radius 3 is 2.75 bits per heavy atom. The molecular weight excluding hydrogens is 322 g/mol. The van der Waals surface area contributed by atoms with Crippen molar-refractivity contribution in [1.82, 2.24) is 15.3 Å². The summed E-state index contributed by atoms with van der Waals surface area (Å²) in [7, 11) is 0. The van der Waals surface area contributed by atoms with Gasteiger partial charge in [0.15, 0.2) is 6.61 Å². The second kappa shape index (κ2) is 7.00. The summed E-state index contributed by atoms with van der Waals surface area (Å²) in [6, 6.07) is 9.08. The minimum atomic E-state index is -0.191. The highest BCUT2D eigenvalue weighted by atomic mass is 79.9. The average molecular weight is 336 g/mol. The molecule has 0 bridgehead atoms. The normalized spacial score (nSPS) is 10.1. The minimum absolute atomic E-state index is 0.0221. The summed E-state index contributed by atoms with van der Waals surface area (Å²) < 4.78 is 6.34. The quantitative estimate of drug-likeness (QED) is 0.910. The zero-order chi connectivity index (χ0) is 14.4. The highest BCUT2D eigenvalue weighted by Gasteiger charge is 2.03. The summed E-state index contributed by atoms with van der Waals surface area (Å²) >= 11 is 3.34. The molecular formula is C14H14BrN3O2. The van der Waals surface area contributed by atoms with Crippen molar-refractivity contribution in [1.29, 1.82) is 0 Å². The number of hydrogen-bond donors (Lipinski definition) is 1. The Kier molecular flexibility index (Phi) is 5.06. The number of aromatic nitrogens is 2. The summed E-state index contributed by atoms with van der Waals surface area (Å²) in [5.74, 6) is 1.15. The van der Waals surface area contributed by atoms with Crippen LogP contribution in [0.5, 0.6) is 5.75 Å². The molecule has 0 radical (unpaired) electrons. The SMILES string of the molecule is Cc1nccc(CNC(=O)COc2ccc(Br)cc2)n1. The Hall–Kier alpha value is -1.95. The van der Waals surface area contributed by atoms with E-state index in [2.05, 4.69) is 31.2 Å². The van der Waals surface area contributed by atoms with Gasteiger partial charge in [0.1, 0.15) is 11.6 Å². The molecule has 6 heteroatoms. The highest BCUT2D eigenvalue weighted by Crippen LogP contribution is 2.15. The highest BCUT2D eigenvalue weighted by molar-refractivity contribution is 9.10. The molecule has 0 aliphatic heterocycles. The standard InChI is InChI=1S/C14H14BrN3O2/c1-10-16-7-6-12(18-10)8-17-14(19)9-20-13-4-2-11(15)3-5-13/h2-7H,8-9H2,1H3,(H,17,19). The zero-order valence-electron chi connectivity index (χ0n) is 11.0. The van der Waals surface area contributed by atoms with Crippen LogP contribution < -0.4 is 10.1 Å². The molecule has 0 aliphatic rings. The van der Waals surface area contributed by atoms with Crippen molar-refractivity contribution in [3.05, 3.63) is 52.5 Å². The third-order valence-corrected chi connectivity index (χ3v) is 3.01. The van der Waals surface area contributed by atoms with Crippen LogP contribution >= 0.6 is 15.9 Å². The first-order valence-electron chi connectivity index (χ1n) is 6.07. The van der Waals surface area contributed by atoms with Crippen LogP contribution in [0.2, 0.25) is 0 Å². The first kappa shape index (κ1) is 14.5. The molecule has 5 nitrogen and oxygen atoms in total. The van der Waals surface area contributed by atoms with Crippen LogP contribution in [-0.4, -0.2) is 22.5 Å². The van der Waals surface area contributed by atoms with Crippen LogP contribution in [0.25, 0.3) is 0 Å². The molecule has 104 valence electrons. The fourth-order valence-corrected chi connectivity index (χ4v) is 1.79. The number of benzene rings is 1. The lowest BCUT2D eigenvalue weighted by atomic mass is 10.3. The van der Waals surface area contributed by atoms with Gasteiger partial charge in [-0.3, -0.25) is 4.79 Å². The lowest BCUT2D eigenvalue weighted by Gasteiger charge is -2.07. The van der Waals surface area contributed by atoms with E-state index >= 15 is 0 Å². The molecule has 1 N–H and O–H groups in total. The van der Waals surface area contributed by atoms with E-state index in [1.54, 1.807) is 24.4 Å². The largest absolute Gasteiger partial charge is 0.484 e. The number of ether oxygens (including phenoxy) is 1. The maximum absolute atomic E-state index is 11.7. The first-order valence-corrected chi connectivity index (χ1v) is 6.86. The van der Waals surface area contributed by atoms with Crippen molar-refractivity contribution in [2.75, 3.05) is 6.61 Å². The molecule has 1 aromatic carbocycles. The topological polar surface area (TPSA) is 64.1 Å². The Bertz CT molecular complexity index is 587. The molecule has 0 atom stereocenters. The minimum Gasteiger partial charge on any atom is -0.484 e. The molecule has 0 unspecified atom stereocenters. The Labute approximate surface area is 125 Å². The molecule has 0 spiro atoms. The van der Waals surface area contributed by atoms with Crippen LogP contribution in [0.3, 0.4) is 0 Å². The number of nitrogens with one attached hydrogen (secondary N) is 1. The molecule has 1 amide bonds. The molecule has 2 rings (SSSR count). The Morgan fingerprint density at radius 2 is 2.05 bits per heavy atom. The van der Waals surface area contributed by atoms with Crippen molar-refractivity contribution in [2.45, 2.75) is 13.5 Å². The van der Waals surface area contributed by atoms with Crippen molar-refractivity contribution in [3.8, 4) is 5.75 Å². The number of hydrogen-bond acceptors (Lipinski definition) is 4. The van der Waals surface area contributed by atoms with Crippen LogP contribution in [0.15, 0.2) is 41.0 Å². The van der Waals surface area contributed by atoms with Gasteiger partial charge in [-0.25, -0.2) is 9.97 Å². The number of amides is 1. The van der Waals surface area contributed by atoms with E-state index in [0.717, 1.165) is 10.2 Å². The maximum Gasteiger partial charge on any atom is 0.258 e. The summed E-state index contributed by atoms with van der Waals surface area (Å²) in [5, 5.41) is 2.74. The average Bonchev–Trinajstić information content (AvgIpc) is 2.45. The monoisotopic (exact) mass is 335 g/mol. The molecule has 0 saturated heterocycles. The second-order valence-electron chi connectivity index (χ2n) is 4.11. The fraction of sp³-hybridized carbons (Fsp3) is 0.214. The van der Waals surface area contributed by atoms with Gasteiger partial charge in [-0.05, 0) is 37.3 Å². The van der Waals surface area contributed by atoms with Gasteiger partial charge in [0.05, 0.1) is 12.2 Å². The summed E-state index contributed by atoms with van der Waals surface area (Å²) in [4.78, 5) is 19.9. The lowest BCUT2D eigenvalue weighted by Crippen LogP contribution is -2.28. The molecule has 0 aliphatic carbocycles. The molecule has 1 aromatic heterocycles. The summed E-state index contributed by atoms with van der Waals surface area (Å²) in [6.07, 6.45) is 1.67. The number of nitrogens with zero attached hydrogens (tertiary/aromatic N) is 2. The smallest absolute Gasteiger partial charge is 0.258 e. The van der Waals surface area contributed by atoms with E-state index in [4.69, 9.17) is 4.74 Å². The van der Waals surface area contributed by atoms with E-state index in [1.807, 2.05) is 19.1 Å². The van der Waals surface area contributed by atoms with Gasteiger partial charge in [0.2, 0.25) is 0 Å². The van der Waals surface area contributed by atoms with Gasteiger partial charge in [-0.2, -0.15) is 0 Å². The lowest BCUT2D eigenvalue weighted by molar-refractivity contribution is -0.123. The third-order valence-electron chi connectivity index (χ3n) is 2.48. The number of carbonyl (C=O) groups excluding carboxylic acids is 1. The zero-order valence-corrected chi connectivity index (χ0v) is 12.6. The van der Waals surface area contributed by atoms with Crippen molar-refractivity contribution < 1.29 is 9.53 Å². The summed E-state index contributed by atoms with van der Waals surface area (Å²) in [6.45, 7) is 2.15. The Balaban J connectivity index is 1.77. The first-order chi connectivity index (χ1) is 9.63. The van der Waals surface area contributed by atoms with Gasteiger partial charge in [0.25, 0.3) is 5.91 Å². The predicted molar refractivity (Wildman–Crippen MR) is 78.3 cm³/mol. The van der Waals surface area contributed by atoms with Gasteiger partial charge in [-0.15, -0.1) is 0 Å². The van der Waals surface area contributed by atoms with Gasteiger partial charge in [0, 0.05) is 10.7 Å². The number of halogens is 1. The van der Waals surface area contributed by atoms with Crippen molar-refractivity contribution in [3.63, 3.8) is 0 Å². The molecule has 1 heterocycles. The fourth-order valence-electron chi connectivity index (χ4n) is 1.52. The Morgan fingerprint density at radius 1 is 1.30 bits per heavy atom. The molecule has 2 aromatic rings. The van der Waals surface area contributed by atoms with Gasteiger partial charge < -0.3 is 10.1 Å². The van der Waals surface area contributed by atoms with Gasteiger partial charge in [-0.1, -0.05) is 15.9 Å². The van der Waals surface area contributed by atoms with E-state index in [9.17, 15) is 4.79 Å². The van der Waals surface area contributed by atoms with Crippen LogP contribution in [0, 0.1) is 6.92 Å². The number of aryl methyl sites for hydroxylation is 1. The third kappa shape index (κ3) is 4.62.